The minimum absolute atomic E-state index is 0.0418. The van der Waals surface area contributed by atoms with Gasteiger partial charge in [-0.15, -0.1) is 11.3 Å². The first-order chi connectivity index (χ1) is 7.37. The van der Waals surface area contributed by atoms with E-state index in [0.29, 0.717) is 11.5 Å². The monoisotopic (exact) mass is 238 g/mol. The van der Waals surface area contributed by atoms with Gasteiger partial charge in [0.15, 0.2) is 0 Å². The van der Waals surface area contributed by atoms with Crippen molar-refractivity contribution in [1.29, 1.82) is 0 Å². The molecular weight excluding hydrogens is 216 g/mol. The summed E-state index contributed by atoms with van der Waals surface area (Å²) in [6.45, 7) is 11.2. The molecule has 1 aliphatic rings. The number of hydrogen-bond donors (Lipinski definition) is 1. The highest BCUT2D eigenvalue weighted by atomic mass is 32.1. The van der Waals surface area contributed by atoms with E-state index >= 15 is 0 Å². The highest BCUT2D eigenvalue weighted by Crippen LogP contribution is 2.58. The van der Waals surface area contributed by atoms with Gasteiger partial charge in [0.1, 0.15) is 5.01 Å². The molecule has 2 rings (SSSR count). The second-order valence-electron chi connectivity index (χ2n) is 5.78. The summed E-state index contributed by atoms with van der Waals surface area (Å²) in [6.07, 6.45) is 2.61. The summed E-state index contributed by atoms with van der Waals surface area (Å²) in [7, 11) is 0. The third-order valence-corrected chi connectivity index (χ3v) is 5.01. The molecule has 0 radical (unpaired) electrons. The van der Waals surface area contributed by atoms with Gasteiger partial charge < -0.3 is 5.32 Å². The van der Waals surface area contributed by atoms with Crippen molar-refractivity contribution >= 4 is 11.3 Å². The Balaban J connectivity index is 2.34. The zero-order valence-corrected chi connectivity index (χ0v) is 11.7. The summed E-state index contributed by atoms with van der Waals surface area (Å²) >= 11 is 1.79. The molecule has 3 heteroatoms. The normalized spacial score (nSPS) is 22.1. The molecular formula is C13H22N2S. The van der Waals surface area contributed by atoms with E-state index in [1.54, 1.807) is 11.3 Å². The SMILES string of the molecule is Cc1csc(C(C)(NC(C)C)C2(C)CC2)n1. The number of hydrogen-bond acceptors (Lipinski definition) is 3. The van der Waals surface area contributed by atoms with E-state index < -0.39 is 0 Å². The van der Waals surface area contributed by atoms with Crippen LogP contribution >= 0.6 is 11.3 Å². The molecule has 1 fully saturated rings. The molecule has 1 heterocycles. The quantitative estimate of drug-likeness (QED) is 0.869. The first-order valence-electron chi connectivity index (χ1n) is 6.08. The smallest absolute Gasteiger partial charge is 0.113 e. The Kier molecular flexibility index (Phi) is 2.87. The summed E-state index contributed by atoms with van der Waals surface area (Å²) in [5.41, 5.74) is 1.57. The maximum Gasteiger partial charge on any atom is 0.113 e. The van der Waals surface area contributed by atoms with E-state index in [-0.39, 0.29) is 5.54 Å². The molecule has 0 saturated heterocycles. The number of aromatic nitrogens is 1. The van der Waals surface area contributed by atoms with Crippen LogP contribution in [-0.4, -0.2) is 11.0 Å². The van der Waals surface area contributed by atoms with E-state index in [2.05, 4.69) is 45.3 Å². The van der Waals surface area contributed by atoms with Crippen LogP contribution in [0.15, 0.2) is 5.38 Å². The zero-order chi connectivity index (χ0) is 12.0. The number of nitrogens with one attached hydrogen (secondary N) is 1. The fraction of sp³-hybridized carbons (Fsp3) is 0.769. The minimum atomic E-state index is 0.0418. The number of nitrogens with zero attached hydrogens (tertiary/aromatic N) is 1. The highest BCUT2D eigenvalue weighted by molar-refractivity contribution is 7.09. The molecule has 1 aromatic rings. The molecule has 1 unspecified atom stereocenters. The lowest BCUT2D eigenvalue weighted by atomic mass is 9.83. The van der Waals surface area contributed by atoms with Crippen molar-refractivity contribution in [3.8, 4) is 0 Å². The third kappa shape index (κ3) is 1.91. The summed E-state index contributed by atoms with van der Waals surface area (Å²) in [5, 5.41) is 7.14. The standard InChI is InChI=1S/C13H22N2S/c1-9(2)15-13(5,12(4)6-7-12)11-14-10(3)8-16-11/h8-9,15H,6-7H2,1-5H3. The maximum atomic E-state index is 4.70. The molecule has 1 atom stereocenters. The van der Waals surface area contributed by atoms with Crippen LogP contribution < -0.4 is 5.32 Å². The molecule has 1 aromatic heterocycles. The Morgan fingerprint density at radius 2 is 2.12 bits per heavy atom. The van der Waals surface area contributed by atoms with Gasteiger partial charge in [0.05, 0.1) is 5.54 Å². The number of aryl methyl sites for hydroxylation is 1. The Hall–Kier alpha value is -0.410. The van der Waals surface area contributed by atoms with Crippen molar-refractivity contribution in [2.75, 3.05) is 0 Å². The lowest BCUT2D eigenvalue weighted by Gasteiger charge is -2.37. The molecule has 90 valence electrons. The first kappa shape index (κ1) is 12.1. The summed E-state index contributed by atoms with van der Waals surface area (Å²) in [5.74, 6) is 0. The Morgan fingerprint density at radius 1 is 1.50 bits per heavy atom. The molecule has 2 nitrogen and oxygen atoms in total. The van der Waals surface area contributed by atoms with Crippen LogP contribution in [0.25, 0.3) is 0 Å². The van der Waals surface area contributed by atoms with E-state index in [0.717, 1.165) is 5.69 Å². The van der Waals surface area contributed by atoms with Crippen molar-refractivity contribution in [2.45, 2.75) is 59.0 Å². The van der Waals surface area contributed by atoms with Crippen LogP contribution in [-0.2, 0) is 5.54 Å². The van der Waals surface area contributed by atoms with Gasteiger partial charge in [-0.3, -0.25) is 0 Å². The molecule has 1 saturated carbocycles. The summed E-state index contributed by atoms with van der Waals surface area (Å²) < 4.78 is 0. The largest absolute Gasteiger partial charge is 0.303 e. The van der Waals surface area contributed by atoms with Crippen LogP contribution in [0.4, 0.5) is 0 Å². The number of thiazole rings is 1. The van der Waals surface area contributed by atoms with Crippen molar-refractivity contribution in [1.82, 2.24) is 10.3 Å². The van der Waals surface area contributed by atoms with E-state index in [1.165, 1.54) is 17.8 Å². The molecule has 1 aliphatic carbocycles. The fourth-order valence-electron chi connectivity index (χ4n) is 2.34. The molecule has 0 aromatic carbocycles. The zero-order valence-electron chi connectivity index (χ0n) is 10.9. The van der Waals surface area contributed by atoms with Gasteiger partial charge in [-0.2, -0.15) is 0 Å². The summed E-state index contributed by atoms with van der Waals surface area (Å²) in [4.78, 5) is 4.70. The lowest BCUT2D eigenvalue weighted by molar-refractivity contribution is 0.208. The van der Waals surface area contributed by atoms with E-state index in [1.807, 2.05) is 0 Å². The van der Waals surface area contributed by atoms with E-state index in [9.17, 15) is 0 Å². The van der Waals surface area contributed by atoms with Gasteiger partial charge in [0, 0.05) is 17.1 Å². The van der Waals surface area contributed by atoms with Gasteiger partial charge >= 0.3 is 0 Å². The van der Waals surface area contributed by atoms with Crippen molar-refractivity contribution in [3.05, 3.63) is 16.1 Å². The van der Waals surface area contributed by atoms with Crippen molar-refractivity contribution < 1.29 is 0 Å². The topological polar surface area (TPSA) is 24.9 Å². The molecule has 0 aliphatic heterocycles. The Labute approximate surface area is 102 Å². The van der Waals surface area contributed by atoms with Gasteiger partial charge in [-0.05, 0) is 46.0 Å². The maximum absolute atomic E-state index is 4.70. The third-order valence-electron chi connectivity index (χ3n) is 3.83. The van der Waals surface area contributed by atoms with Crippen LogP contribution in [0, 0.1) is 12.3 Å². The Bertz CT molecular complexity index is 379. The van der Waals surface area contributed by atoms with Gasteiger partial charge in [-0.25, -0.2) is 4.98 Å². The van der Waals surface area contributed by atoms with Crippen LogP contribution in [0.1, 0.15) is 51.2 Å². The predicted octanol–water partition coefficient (Wildman–Crippen LogP) is 3.46. The Morgan fingerprint density at radius 3 is 2.50 bits per heavy atom. The fourth-order valence-corrected chi connectivity index (χ4v) is 3.42. The predicted molar refractivity (Wildman–Crippen MR) is 69.8 cm³/mol. The molecule has 16 heavy (non-hydrogen) atoms. The number of rotatable bonds is 4. The lowest BCUT2D eigenvalue weighted by Crippen LogP contribution is -2.49. The van der Waals surface area contributed by atoms with Crippen molar-refractivity contribution in [3.63, 3.8) is 0 Å². The average molecular weight is 238 g/mol. The van der Waals surface area contributed by atoms with Gasteiger partial charge in [-0.1, -0.05) is 6.92 Å². The molecule has 1 N–H and O–H groups in total. The average Bonchev–Trinajstić information content (AvgIpc) is 2.76. The summed E-state index contributed by atoms with van der Waals surface area (Å²) in [6, 6.07) is 0.492. The van der Waals surface area contributed by atoms with Crippen LogP contribution in [0.2, 0.25) is 0 Å². The van der Waals surface area contributed by atoms with Gasteiger partial charge in [0.2, 0.25) is 0 Å². The van der Waals surface area contributed by atoms with Crippen LogP contribution in [0.3, 0.4) is 0 Å². The minimum Gasteiger partial charge on any atom is -0.303 e. The van der Waals surface area contributed by atoms with E-state index in [4.69, 9.17) is 4.98 Å². The van der Waals surface area contributed by atoms with Crippen LogP contribution in [0.5, 0.6) is 0 Å². The second-order valence-corrected chi connectivity index (χ2v) is 6.64. The second kappa shape index (κ2) is 3.81. The van der Waals surface area contributed by atoms with Crippen molar-refractivity contribution in [2.24, 2.45) is 5.41 Å². The van der Waals surface area contributed by atoms with Gasteiger partial charge in [0.25, 0.3) is 0 Å². The molecule has 0 spiro atoms. The first-order valence-corrected chi connectivity index (χ1v) is 6.96. The highest BCUT2D eigenvalue weighted by Gasteiger charge is 2.55. The molecule has 0 amide bonds. The molecule has 0 bridgehead atoms.